The molecular weight excluding hydrogens is 274 g/mol. The molecule has 3 rings (SSSR count). The molecule has 1 saturated carbocycles. The lowest BCUT2D eigenvalue weighted by molar-refractivity contribution is -0.153. The molecule has 3 fully saturated rings. The van der Waals surface area contributed by atoms with Crippen LogP contribution in [0, 0.1) is 5.41 Å². The van der Waals surface area contributed by atoms with Crippen LogP contribution in [0.5, 0.6) is 0 Å². The number of nitrogens with one attached hydrogen (secondary N) is 2. The molecule has 114 valence electrons. The molecule has 2 saturated heterocycles. The third kappa shape index (κ3) is 2.20. The Balaban J connectivity index is 1.91. The number of imide groups is 2. The predicted octanol–water partition coefficient (Wildman–Crippen LogP) is 0.294. The number of urea groups is 1. The van der Waals surface area contributed by atoms with Crippen molar-refractivity contribution < 1.29 is 19.2 Å². The van der Waals surface area contributed by atoms with Crippen LogP contribution in [0.2, 0.25) is 0 Å². The van der Waals surface area contributed by atoms with Crippen LogP contribution < -0.4 is 10.6 Å². The molecule has 1 unspecified atom stereocenters. The average Bonchev–Trinajstić information content (AvgIpc) is 2.73. The number of hydrogen-bond donors (Lipinski definition) is 2. The first-order chi connectivity index (χ1) is 10.0. The van der Waals surface area contributed by atoms with Crippen molar-refractivity contribution in [2.75, 3.05) is 6.54 Å². The lowest BCUT2D eigenvalue weighted by Crippen LogP contribution is -2.66. The molecular formula is C14H19N3O4. The predicted molar refractivity (Wildman–Crippen MR) is 71.9 cm³/mol. The van der Waals surface area contributed by atoms with Gasteiger partial charge in [-0.1, -0.05) is 25.7 Å². The first-order valence-corrected chi connectivity index (χ1v) is 7.50. The first kappa shape index (κ1) is 14.0. The molecule has 7 nitrogen and oxygen atoms in total. The lowest BCUT2D eigenvalue weighted by Gasteiger charge is -2.40. The van der Waals surface area contributed by atoms with Gasteiger partial charge < -0.3 is 5.32 Å². The summed E-state index contributed by atoms with van der Waals surface area (Å²) in [4.78, 5) is 49.7. The second kappa shape index (κ2) is 5.13. The Labute approximate surface area is 122 Å². The SMILES string of the molecule is O=C1CC(N2C(=O)NC(=O)C3(CCCCCC3)C2=O)CN1. The Morgan fingerprint density at radius 3 is 2.24 bits per heavy atom. The van der Waals surface area contributed by atoms with E-state index in [1.807, 2.05) is 0 Å². The largest absolute Gasteiger partial charge is 0.354 e. The van der Waals surface area contributed by atoms with Crippen molar-refractivity contribution in [3.8, 4) is 0 Å². The van der Waals surface area contributed by atoms with Crippen molar-refractivity contribution in [2.24, 2.45) is 5.41 Å². The topological polar surface area (TPSA) is 95.6 Å². The van der Waals surface area contributed by atoms with E-state index in [1.54, 1.807) is 0 Å². The Morgan fingerprint density at radius 2 is 1.67 bits per heavy atom. The standard InChI is InChI=1S/C14H19N3O4/c18-10-7-9(8-15-10)17-12(20)14(11(19)16-13(17)21)5-3-1-2-4-6-14/h9H,1-8H2,(H,15,18)(H,16,19,21). The van der Waals surface area contributed by atoms with E-state index >= 15 is 0 Å². The maximum atomic E-state index is 12.9. The number of nitrogens with zero attached hydrogens (tertiary/aromatic N) is 1. The van der Waals surface area contributed by atoms with Crippen LogP contribution in [-0.4, -0.2) is 41.2 Å². The van der Waals surface area contributed by atoms with Crippen LogP contribution >= 0.6 is 0 Å². The third-order valence-electron chi connectivity index (χ3n) is 4.78. The molecule has 0 aromatic carbocycles. The average molecular weight is 293 g/mol. The van der Waals surface area contributed by atoms with Crippen molar-refractivity contribution in [2.45, 2.75) is 51.0 Å². The molecule has 3 aliphatic rings. The zero-order valence-electron chi connectivity index (χ0n) is 11.8. The second-order valence-corrected chi connectivity index (χ2v) is 6.09. The zero-order chi connectivity index (χ0) is 15.0. The van der Waals surface area contributed by atoms with Crippen molar-refractivity contribution in [3.63, 3.8) is 0 Å². The van der Waals surface area contributed by atoms with Gasteiger partial charge in [0, 0.05) is 13.0 Å². The highest BCUT2D eigenvalue weighted by molar-refractivity contribution is 6.19. The van der Waals surface area contributed by atoms with Crippen LogP contribution in [0.1, 0.15) is 44.9 Å². The van der Waals surface area contributed by atoms with Gasteiger partial charge in [-0.05, 0) is 12.8 Å². The number of carbonyl (C=O) groups excluding carboxylic acids is 4. The number of rotatable bonds is 1. The molecule has 2 aliphatic heterocycles. The minimum absolute atomic E-state index is 0.115. The second-order valence-electron chi connectivity index (χ2n) is 6.09. The van der Waals surface area contributed by atoms with Gasteiger partial charge in [0.05, 0.1) is 6.04 Å². The fourth-order valence-electron chi connectivity index (χ4n) is 3.57. The molecule has 2 heterocycles. The highest BCUT2D eigenvalue weighted by Crippen LogP contribution is 2.39. The number of amides is 5. The summed E-state index contributed by atoms with van der Waals surface area (Å²) in [5.74, 6) is -1.06. The van der Waals surface area contributed by atoms with E-state index in [0.717, 1.165) is 30.6 Å². The van der Waals surface area contributed by atoms with Crippen molar-refractivity contribution in [1.82, 2.24) is 15.5 Å². The smallest absolute Gasteiger partial charge is 0.331 e. The summed E-state index contributed by atoms with van der Waals surface area (Å²) >= 11 is 0. The maximum absolute atomic E-state index is 12.9. The number of carbonyl (C=O) groups is 4. The fraction of sp³-hybridized carbons (Fsp3) is 0.714. The molecule has 0 aromatic rings. The molecule has 0 aromatic heterocycles. The van der Waals surface area contributed by atoms with Gasteiger partial charge in [-0.2, -0.15) is 0 Å². The maximum Gasteiger partial charge on any atom is 0.331 e. The van der Waals surface area contributed by atoms with E-state index in [1.165, 1.54) is 0 Å². The Kier molecular flexibility index (Phi) is 3.43. The van der Waals surface area contributed by atoms with E-state index in [9.17, 15) is 19.2 Å². The van der Waals surface area contributed by atoms with Crippen LogP contribution in [0.25, 0.3) is 0 Å². The molecule has 1 spiro atoms. The van der Waals surface area contributed by atoms with Crippen molar-refractivity contribution in [1.29, 1.82) is 0 Å². The van der Waals surface area contributed by atoms with Crippen molar-refractivity contribution in [3.05, 3.63) is 0 Å². The van der Waals surface area contributed by atoms with Crippen molar-refractivity contribution >= 4 is 23.8 Å². The summed E-state index contributed by atoms with van der Waals surface area (Å²) in [5.41, 5.74) is -1.12. The minimum Gasteiger partial charge on any atom is -0.354 e. The summed E-state index contributed by atoms with van der Waals surface area (Å²) in [6.45, 7) is 0.266. The van der Waals surface area contributed by atoms with Gasteiger partial charge in [0.25, 0.3) is 0 Å². The molecule has 2 N–H and O–H groups in total. The minimum atomic E-state index is -1.12. The quantitative estimate of drug-likeness (QED) is 0.679. The molecule has 7 heteroatoms. The van der Waals surface area contributed by atoms with Gasteiger partial charge in [-0.3, -0.25) is 24.6 Å². The highest BCUT2D eigenvalue weighted by Gasteiger charge is 2.55. The number of barbiturate groups is 1. The zero-order valence-corrected chi connectivity index (χ0v) is 11.8. The molecule has 21 heavy (non-hydrogen) atoms. The molecule has 5 amide bonds. The summed E-state index contributed by atoms with van der Waals surface area (Å²) in [6.07, 6.45) is 4.69. The summed E-state index contributed by atoms with van der Waals surface area (Å²) in [5, 5.41) is 4.95. The van der Waals surface area contributed by atoms with Crippen LogP contribution in [0.4, 0.5) is 4.79 Å². The van der Waals surface area contributed by atoms with Gasteiger partial charge in [-0.25, -0.2) is 4.79 Å². The summed E-state index contributed by atoms with van der Waals surface area (Å²) in [6, 6.07) is -1.18. The van der Waals surface area contributed by atoms with Gasteiger partial charge in [0.1, 0.15) is 5.41 Å². The Morgan fingerprint density at radius 1 is 1.00 bits per heavy atom. The summed E-state index contributed by atoms with van der Waals surface area (Å²) in [7, 11) is 0. The summed E-state index contributed by atoms with van der Waals surface area (Å²) < 4.78 is 0. The van der Waals surface area contributed by atoms with Crippen LogP contribution in [-0.2, 0) is 14.4 Å². The first-order valence-electron chi connectivity index (χ1n) is 7.50. The molecule has 0 radical (unpaired) electrons. The van der Waals surface area contributed by atoms with E-state index in [-0.39, 0.29) is 18.9 Å². The Hall–Kier alpha value is -1.92. The monoisotopic (exact) mass is 293 g/mol. The highest BCUT2D eigenvalue weighted by atomic mass is 16.2. The van der Waals surface area contributed by atoms with Gasteiger partial charge >= 0.3 is 6.03 Å². The van der Waals surface area contributed by atoms with Gasteiger partial charge in [0.2, 0.25) is 17.7 Å². The van der Waals surface area contributed by atoms with Crippen LogP contribution in [0.15, 0.2) is 0 Å². The molecule has 1 aliphatic carbocycles. The van der Waals surface area contributed by atoms with E-state index < -0.39 is 29.3 Å². The fourth-order valence-corrected chi connectivity index (χ4v) is 3.57. The molecule has 0 bridgehead atoms. The van der Waals surface area contributed by atoms with Gasteiger partial charge in [0.15, 0.2) is 0 Å². The number of hydrogen-bond acceptors (Lipinski definition) is 4. The third-order valence-corrected chi connectivity index (χ3v) is 4.78. The van der Waals surface area contributed by atoms with Crippen LogP contribution in [0.3, 0.4) is 0 Å². The van der Waals surface area contributed by atoms with E-state index in [2.05, 4.69) is 10.6 Å². The van der Waals surface area contributed by atoms with E-state index in [4.69, 9.17) is 0 Å². The molecule has 1 atom stereocenters. The lowest BCUT2D eigenvalue weighted by atomic mass is 9.76. The van der Waals surface area contributed by atoms with Gasteiger partial charge in [-0.15, -0.1) is 0 Å². The van der Waals surface area contributed by atoms with E-state index in [0.29, 0.717) is 12.8 Å². The normalized spacial score (nSPS) is 29.3. The Bertz CT molecular complexity index is 508.